The van der Waals surface area contributed by atoms with Gasteiger partial charge in [-0.3, -0.25) is 4.79 Å². The number of carbonyl (C=O) groups is 2. The Bertz CT molecular complexity index is 355. The molecule has 0 aliphatic carbocycles. The van der Waals surface area contributed by atoms with Gasteiger partial charge in [0.1, 0.15) is 0 Å². The van der Waals surface area contributed by atoms with Gasteiger partial charge in [-0.25, -0.2) is 4.79 Å². The standard InChI is InChI=1S/C13H22N2O4/c1-13(11(16)17)4-5-15(9-13)12(18)14-7-10-3-2-6-19-8-10/h10H,2-9H2,1H3,(H,14,18)(H,16,17). The number of aliphatic carboxylic acids is 1. The van der Waals surface area contributed by atoms with Crippen molar-refractivity contribution in [2.45, 2.75) is 26.2 Å². The van der Waals surface area contributed by atoms with Crippen molar-refractivity contribution in [3.05, 3.63) is 0 Å². The first-order valence-corrected chi connectivity index (χ1v) is 6.85. The van der Waals surface area contributed by atoms with Crippen LogP contribution in [0.25, 0.3) is 0 Å². The Balaban J connectivity index is 1.76. The SMILES string of the molecule is CC1(C(=O)O)CCN(C(=O)NCC2CCCOC2)C1. The summed E-state index contributed by atoms with van der Waals surface area (Å²) < 4.78 is 5.36. The fourth-order valence-corrected chi connectivity index (χ4v) is 2.62. The molecule has 2 atom stereocenters. The maximum absolute atomic E-state index is 12.0. The van der Waals surface area contributed by atoms with E-state index in [0.29, 0.717) is 32.0 Å². The molecule has 0 radical (unpaired) electrons. The van der Waals surface area contributed by atoms with Gasteiger partial charge in [-0.1, -0.05) is 0 Å². The molecule has 0 saturated carbocycles. The maximum Gasteiger partial charge on any atom is 0.317 e. The highest BCUT2D eigenvalue weighted by Crippen LogP contribution is 2.30. The van der Waals surface area contributed by atoms with Crippen molar-refractivity contribution in [1.29, 1.82) is 0 Å². The van der Waals surface area contributed by atoms with Crippen molar-refractivity contribution in [2.24, 2.45) is 11.3 Å². The van der Waals surface area contributed by atoms with Gasteiger partial charge in [0.05, 0.1) is 12.0 Å². The third kappa shape index (κ3) is 3.37. The maximum atomic E-state index is 12.0. The van der Waals surface area contributed by atoms with E-state index in [1.165, 1.54) is 0 Å². The Morgan fingerprint density at radius 3 is 2.89 bits per heavy atom. The van der Waals surface area contributed by atoms with E-state index in [4.69, 9.17) is 9.84 Å². The Kier molecular flexibility index (Phi) is 4.29. The van der Waals surface area contributed by atoms with Crippen LogP contribution in [0, 0.1) is 11.3 Å². The Hall–Kier alpha value is -1.30. The van der Waals surface area contributed by atoms with Gasteiger partial charge in [-0.2, -0.15) is 0 Å². The lowest BCUT2D eigenvalue weighted by Crippen LogP contribution is -2.43. The molecular formula is C13H22N2O4. The van der Waals surface area contributed by atoms with Gasteiger partial charge >= 0.3 is 12.0 Å². The molecule has 6 heteroatoms. The first kappa shape index (κ1) is 14.1. The smallest absolute Gasteiger partial charge is 0.317 e. The van der Waals surface area contributed by atoms with E-state index in [1.807, 2.05) is 0 Å². The largest absolute Gasteiger partial charge is 0.481 e. The first-order valence-electron chi connectivity index (χ1n) is 6.85. The van der Waals surface area contributed by atoms with Crippen LogP contribution in [-0.2, 0) is 9.53 Å². The van der Waals surface area contributed by atoms with Gasteiger partial charge in [0, 0.05) is 26.2 Å². The number of amides is 2. The van der Waals surface area contributed by atoms with Crippen molar-refractivity contribution in [3.63, 3.8) is 0 Å². The minimum Gasteiger partial charge on any atom is -0.481 e. The van der Waals surface area contributed by atoms with Gasteiger partial charge in [0.2, 0.25) is 0 Å². The van der Waals surface area contributed by atoms with E-state index in [1.54, 1.807) is 11.8 Å². The van der Waals surface area contributed by atoms with Gasteiger partial charge in [0.15, 0.2) is 0 Å². The number of likely N-dealkylation sites (tertiary alicyclic amines) is 1. The number of nitrogens with zero attached hydrogens (tertiary/aromatic N) is 1. The average Bonchev–Trinajstić information content (AvgIpc) is 2.81. The molecule has 2 aliphatic rings. The Labute approximate surface area is 113 Å². The molecule has 0 aromatic carbocycles. The molecule has 2 unspecified atom stereocenters. The van der Waals surface area contributed by atoms with Crippen molar-refractivity contribution < 1.29 is 19.4 Å². The predicted molar refractivity (Wildman–Crippen MR) is 68.9 cm³/mol. The normalized spacial score (nSPS) is 31.2. The van der Waals surface area contributed by atoms with Gasteiger partial charge in [-0.15, -0.1) is 0 Å². The highest BCUT2D eigenvalue weighted by molar-refractivity contribution is 5.79. The lowest BCUT2D eigenvalue weighted by atomic mass is 9.90. The number of carboxylic acids is 1. The van der Waals surface area contributed by atoms with Crippen LogP contribution in [0.4, 0.5) is 4.79 Å². The molecule has 6 nitrogen and oxygen atoms in total. The van der Waals surface area contributed by atoms with Gasteiger partial charge in [0.25, 0.3) is 0 Å². The Morgan fingerprint density at radius 1 is 1.53 bits per heavy atom. The lowest BCUT2D eigenvalue weighted by Gasteiger charge is -2.24. The van der Waals surface area contributed by atoms with Crippen molar-refractivity contribution >= 4 is 12.0 Å². The molecule has 0 aromatic heterocycles. The zero-order chi connectivity index (χ0) is 13.9. The second kappa shape index (κ2) is 5.77. The molecule has 2 aliphatic heterocycles. The van der Waals surface area contributed by atoms with E-state index in [-0.39, 0.29) is 12.6 Å². The van der Waals surface area contributed by atoms with E-state index >= 15 is 0 Å². The third-order valence-electron chi connectivity index (χ3n) is 4.07. The monoisotopic (exact) mass is 270 g/mol. The summed E-state index contributed by atoms with van der Waals surface area (Å²) in [5.41, 5.74) is -0.800. The number of rotatable bonds is 3. The van der Waals surface area contributed by atoms with E-state index < -0.39 is 11.4 Å². The summed E-state index contributed by atoms with van der Waals surface area (Å²) >= 11 is 0. The number of ether oxygens (including phenoxy) is 1. The average molecular weight is 270 g/mol. The molecule has 2 amide bonds. The van der Waals surface area contributed by atoms with Crippen LogP contribution in [0.2, 0.25) is 0 Å². The molecule has 0 bridgehead atoms. The fourth-order valence-electron chi connectivity index (χ4n) is 2.62. The molecule has 19 heavy (non-hydrogen) atoms. The first-order chi connectivity index (χ1) is 9.01. The van der Waals surface area contributed by atoms with Crippen LogP contribution in [0.1, 0.15) is 26.2 Å². The molecule has 0 aromatic rings. The number of urea groups is 1. The van der Waals surface area contributed by atoms with Crippen LogP contribution < -0.4 is 5.32 Å². The van der Waals surface area contributed by atoms with Gasteiger partial charge in [-0.05, 0) is 32.1 Å². The fraction of sp³-hybridized carbons (Fsp3) is 0.846. The van der Waals surface area contributed by atoms with Crippen molar-refractivity contribution in [1.82, 2.24) is 10.2 Å². The summed E-state index contributed by atoms with van der Waals surface area (Å²) in [6.07, 6.45) is 2.64. The second-order valence-electron chi connectivity index (χ2n) is 5.81. The highest BCUT2D eigenvalue weighted by atomic mass is 16.5. The quantitative estimate of drug-likeness (QED) is 0.799. The van der Waals surface area contributed by atoms with Crippen LogP contribution in [0.3, 0.4) is 0 Å². The van der Waals surface area contributed by atoms with Crippen LogP contribution in [0.5, 0.6) is 0 Å². The molecule has 2 fully saturated rings. The number of nitrogens with one attached hydrogen (secondary N) is 1. The van der Waals surface area contributed by atoms with E-state index in [0.717, 1.165) is 19.4 Å². The zero-order valence-electron chi connectivity index (χ0n) is 11.4. The van der Waals surface area contributed by atoms with Crippen LogP contribution in [0.15, 0.2) is 0 Å². The summed E-state index contributed by atoms with van der Waals surface area (Å²) in [7, 11) is 0. The lowest BCUT2D eigenvalue weighted by molar-refractivity contribution is -0.146. The van der Waals surface area contributed by atoms with Crippen LogP contribution >= 0.6 is 0 Å². The highest BCUT2D eigenvalue weighted by Gasteiger charge is 2.42. The van der Waals surface area contributed by atoms with Crippen molar-refractivity contribution in [3.8, 4) is 0 Å². The number of hydrogen-bond acceptors (Lipinski definition) is 3. The number of hydrogen-bond donors (Lipinski definition) is 2. The summed E-state index contributed by atoms with van der Waals surface area (Å²) in [5.74, 6) is -0.449. The summed E-state index contributed by atoms with van der Waals surface area (Å²) in [6.45, 7) is 4.61. The minimum absolute atomic E-state index is 0.157. The molecule has 0 spiro atoms. The van der Waals surface area contributed by atoms with Crippen molar-refractivity contribution in [2.75, 3.05) is 32.8 Å². The third-order valence-corrected chi connectivity index (χ3v) is 4.07. The molecule has 2 N–H and O–H groups in total. The van der Waals surface area contributed by atoms with Gasteiger partial charge < -0.3 is 20.1 Å². The molecular weight excluding hydrogens is 248 g/mol. The molecule has 2 heterocycles. The number of carbonyl (C=O) groups excluding carboxylic acids is 1. The zero-order valence-corrected chi connectivity index (χ0v) is 11.4. The summed E-state index contributed by atoms with van der Waals surface area (Å²) in [4.78, 5) is 24.7. The van der Waals surface area contributed by atoms with E-state index in [9.17, 15) is 9.59 Å². The molecule has 2 saturated heterocycles. The predicted octanol–water partition coefficient (Wildman–Crippen LogP) is 0.919. The second-order valence-corrected chi connectivity index (χ2v) is 5.81. The topological polar surface area (TPSA) is 78.9 Å². The Morgan fingerprint density at radius 2 is 2.32 bits per heavy atom. The minimum atomic E-state index is -0.830. The molecule has 108 valence electrons. The molecule has 2 rings (SSSR count). The summed E-state index contributed by atoms with van der Waals surface area (Å²) in [6, 6.07) is -0.157. The van der Waals surface area contributed by atoms with Crippen LogP contribution in [-0.4, -0.2) is 54.9 Å². The van der Waals surface area contributed by atoms with E-state index in [2.05, 4.69) is 5.32 Å². The number of carboxylic acid groups (broad SMARTS) is 1. The summed E-state index contributed by atoms with van der Waals surface area (Å²) in [5, 5.41) is 12.0.